The van der Waals surface area contributed by atoms with Crippen molar-refractivity contribution in [1.82, 2.24) is 9.13 Å². The Morgan fingerprint density at radius 1 is 1.25 bits per heavy atom. The summed E-state index contributed by atoms with van der Waals surface area (Å²) >= 11 is 1.51. The molecule has 0 bridgehead atoms. The first kappa shape index (κ1) is 19.9. The number of carbonyl (C=O) groups is 1. The van der Waals surface area contributed by atoms with Crippen LogP contribution in [0.25, 0.3) is 5.69 Å². The maximum absolute atomic E-state index is 13.0. The average Bonchev–Trinajstić information content (AvgIpc) is 2.62. The normalized spacial score (nSPS) is 15.4. The number of alkyl halides is 3. The molecule has 0 unspecified atom stereocenters. The molecule has 0 N–H and O–H groups in total. The molecule has 0 saturated heterocycles. The van der Waals surface area contributed by atoms with Gasteiger partial charge in [-0.05, 0) is 18.2 Å². The van der Waals surface area contributed by atoms with Gasteiger partial charge in [-0.25, -0.2) is 14.2 Å². The molecular weight excluding hydrogens is 399 g/mol. The minimum atomic E-state index is -4.83. The van der Waals surface area contributed by atoms with Gasteiger partial charge in [0.25, 0.3) is 5.56 Å². The number of benzene rings is 1. The van der Waals surface area contributed by atoms with Gasteiger partial charge in [0.15, 0.2) is 0 Å². The van der Waals surface area contributed by atoms with E-state index in [0.717, 1.165) is 11.9 Å². The van der Waals surface area contributed by atoms with Crippen LogP contribution in [0.2, 0.25) is 0 Å². The van der Waals surface area contributed by atoms with Crippen LogP contribution in [0.4, 0.5) is 13.2 Å². The number of fused-ring (bicyclic) bond motifs is 1. The van der Waals surface area contributed by atoms with E-state index in [9.17, 15) is 27.6 Å². The summed E-state index contributed by atoms with van der Waals surface area (Å²) in [6.45, 7) is 1.20. The van der Waals surface area contributed by atoms with Crippen LogP contribution in [-0.2, 0) is 22.9 Å². The molecular formula is C17H14F3N3O4S. The molecule has 2 aromatic rings. The van der Waals surface area contributed by atoms with Gasteiger partial charge in [0.05, 0.1) is 11.4 Å². The zero-order valence-electron chi connectivity index (χ0n) is 14.7. The molecule has 148 valence electrons. The first-order valence-electron chi connectivity index (χ1n) is 8.02. The summed E-state index contributed by atoms with van der Waals surface area (Å²) in [5.41, 5.74) is -2.47. The number of thioether (sulfide) groups is 1. The van der Waals surface area contributed by atoms with Crippen molar-refractivity contribution in [1.29, 1.82) is 0 Å². The van der Waals surface area contributed by atoms with Crippen LogP contribution in [0.1, 0.15) is 24.6 Å². The van der Waals surface area contributed by atoms with E-state index in [2.05, 4.69) is 9.99 Å². The highest BCUT2D eigenvalue weighted by Crippen LogP contribution is 2.32. The van der Waals surface area contributed by atoms with Crippen LogP contribution in [0, 0.1) is 0 Å². The fourth-order valence-corrected chi connectivity index (χ4v) is 3.76. The zero-order chi connectivity index (χ0) is 20.6. The van der Waals surface area contributed by atoms with Crippen molar-refractivity contribution >= 4 is 23.4 Å². The molecule has 1 aliphatic rings. The van der Waals surface area contributed by atoms with E-state index in [0.29, 0.717) is 38.6 Å². The molecule has 0 atom stereocenters. The van der Waals surface area contributed by atoms with Crippen LogP contribution < -0.4 is 11.2 Å². The molecule has 0 radical (unpaired) electrons. The highest BCUT2D eigenvalue weighted by atomic mass is 32.2. The highest BCUT2D eigenvalue weighted by molar-refractivity contribution is 7.99. The van der Waals surface area contributed by atoms with Gasteiger partial charge in [-0.2, -0.15) is 13.2 Å². The lowest BCUT2D eigenvalue weighted by atomic mass is 10.1. The molecule has 7 nitrogen and oxygen atoms in total. The summed E-state index contributed by atoms with van der Waals surface area (Å²) in [5.74, 6) is 0.0882. The number of rotatable bonds is 2. The first-order valence-corrected chi connectivity index (χ1v) is 9.00. The molecule has 0 amide bonds. The smallest absolute Gasteiger partial charge is 0.318 e. The Hall–Kier alpha value is -2.82. The van der Waals surface area contributed by atoms with Gasteiger partial charge in [0.2, 0.25) is 0 Å². The van der Waals surface area contributed by atoms with Crippen molar-refractivity contribution in [2.75, 3.05) is 5.75 Å². The van der Waals surface area contributed by atoms with Crippen LogP contribution in [0.15, 0.2) is 43.9 Å². The van der Waals surface area contributed by atoms with E-state index in [-0.39, 0.29) is 5.69 Å². The number of aromatic nitrogens is 2. The third-order valence-corrected chi connectivity index (χ3v) is 5.10. The topological polar surface area (TPSA) is 82.7 Å². The summed E-state index contributed by atoms with van der Waals surface area (Å²) in [5, 5.41) is 3.80. The van der Waals surface area contributed by atoms with E-state index in [1.165, 1.54) is 30.8 Å². The summed E-state index contributed by atoms with van der Waals surface area (Å²) in [6.07, 6.45) is -4.35. The van der Waals surface area contributed by atoms with Gasteiger partial charge in [0, 0.05) is 42.7 Å². The molecule has 0 spiro atoms. The highest BCUT2D eigenvalue weighted by Gasteiger charge is 2.35. The largest absolute Gasteiger partial charge is 0.431 e. The zero-order valence-corrected chi connectivity index (χ0v) is 15.6. The Kier molecular flexibility index (Phi) is 5.20. The van der Waals surface area contributed by atoms with E-state index in [4.69, 9.17) is 0 Å². The lowest BCUT2D eigenvalue weighted by Gasteiger charge is -2.19. The second-order valence-corrected chi connectivity index (χ2v) is 7.08. The second kappa shape index (κ2) is 7.30. The quantitative estimate of drug-likeness (QED) is 0.558. The summed E-state index contributed by atoms with van der Waals surface area (Å²) in [7, 11) is 0.947. The van der Waals surface area contributed by atoms with Crippen LogP contribution in [0.3, 0.4) is 0 Å². The van der Waals surface area contributed by atoms with E-state index >= 15 is 0 Å². The fourth-order valence-electron chi connectivity index (χ4n) is 2.75. The van der Waals surface area contributed by atoms with E-state index in [1.54, 1.807) is 6.07 Å². The Morgan fingerprint density at radius 2 is 1.96 bits per heavy atom. The SMILES string of the molecule is CC(=O)O/N=C1\CCSc2ccc(-n3c(=O)cc(C(F)(F)F)n(C)c3=O)cc21. The number of nitrogens with zero attached hydrogens (tertiary/aromatic N) is 3. The molecule has 0 fully saturated rings. The molecule has 0 aliphatic carbocycles. The minimum Gasteiger partial charge on any atom is -0.318 e. The van der Waals surface area contributed by atoms with Crippen LogP contribution in [0.5, 0.6) is 0 Å². The van der Waals surface area contributed by atoms with Crippen LogP contribution >= 0.6 is 11.8 Å². The van der Waals surface area contributed by atoms with E-state index < -0.39 is 29.1 Å². The number of oxime groups is 1. The molecule has 1 aliphatic heterocycles. The molecule has 28 heavy (non-hydrogen) atoms. The second-order valence-electron chi connectivity index (χ2n) is 5.94. The molecule has 11 heteroatoms. The van der Waals surface area contributed by atoms with E-state index in [1.807, 2.05) is 0 Å². The Bertz CT molecular complexity index is 1100. The molecule has 1 aromatic carbocycles. The molecule has 3 rings (SSSR count). The van der Waals surface area contributed by atoms with Gasteiger partial charge >= 0.3 is 17.8 Å². The first-order chi connectivity index (χ1) is 13.1. The third-order valence-electron chi connectivity index (χ3n) is 4.02. The van der Waals surface area contributed by atoms with Gasteiger partial charge in [-0.1, -0.05) is 5.16 Å². The van der Waals surface area contributed by atoms with Crippen molar-refractivity contribution < 1.29 is 22.8 Å². The van der Waals surface area contributed by atoms with Crippen molar-refractivity contribution in [2.24, 2.45) is 12.2 Å². The summed E-state index contributed by atoms with van der Waals surface area (Å²) < 4.78 is 40.0. The Morgan fingerprint density at radius 3 is 2.61 bits per heavy atom. The molecule has 1 aromatic heterocycles. The Balaban J connectivity index is 2.17. The summed E-state index contributed by atoms with van der Waals surface area (Å²) in [6, 6.07) is 4.96. The van der Waals surface area contributed by atoms with Gasteiger partial charge < -0.3 is 4.84 Å². The number of hydrogen-bond donors (Lipinski definition) is 0. The van der Waals surface area contributed by atoms with Gasteiger partial charge in [-0.3, -0.25) is 9.36 Å². The van der Waals surface area contributed by atoms with Crippen LogP contribution in [-0.4, -0.2) is 26.6 Å². The fraction of sp³-hybridized carbons (Fsp3) is 0.294. The molecule has 0 saturated carbocycles. The van der Waals surface area contributed by atoms with Crippen molar-refractivity contribution in [3.63, 3.8) is 0 Å². The monoisotopic (exact) mass is 413 g/mol. The predicted octanol–water partition coefficient (Wildman–Crippen LogP) is 2.32. The predicted molar refractivity (Wildman–Crippen MR) is 95.9 cm³/mol. The average molecular weight is 413 g/mol. The maximum Gasteiger partial charge on any atom is 0.431 e. The summed E-state index contributed by atoms with van der Waals surface area (Å²) in [4.78, 5) is 41.2. The van der Waals surface area contributed by atoms with Crippen molar-refractivity contribution in [3.05, 3.63) is 56.4 Å². The lowest BCUT2D eigenvalue weighted by Crippen LogP contribution is -2.40. The van der Waals surface area contributed by atoms with Gasteiger partial charge in [0.1, 0.15) is 5.69 Å². The molecule has 2 heterocycles. The van der Waals surface area contributed by atoms with Crippen molar-refractivity contribution in [2.45, 2.75) is 24.4 Å². The number of hydrogen-bond acceptors (Lipinski definition) is 6. The maximum atomic E-state index is 13.0. The third kappa shape index (κ3) is 3.75. The standard InChI is InChI=1S/C17H14F3N3O4S/c1-9(24)27-21-12-5-6-28-13-4-3-10(7-11(12)13)23-15(25)8-14(17(18,19)20)22(2)16(23)26/h3-4,7-8H,5-6H2,1-2H3/b21-12+. The number of carbonyl (C=O) groups excluding carboxylic acids is 1. The lowest BCUT2D eigenvalue weighted by molar-refractivity contribution is -0.144. The number of halogens is 3. The minimum absolute atomic E-state index is 0.0936. The van der Waals surface area contributed by atoms with Gasteiger partial charge in [-0.15, -0.1) is 11.8 Å². The van der Waals surface area contributed by atoms with Crippen molar-refractivity contribution in [3.8, 4) is 5.69 Å². The Labute approximate surface area is 160 Å².